The summed E-state index contributed by atoms with van der Waals surface area (Å²) < 4.78 is 18.0. The van der Waals surface area contributed by atoms with Crippen LogP contribution in [0.1, 0.15) is 18.9 Å². The second kappa shape index (κ2) is 6.84. The van der Waals surface area contributed by atoms with Crippen molar-refractivity contribution >= 4 is 11.6 Å². The van der Waals surface area contributed by atoms with Gasteiger partial charge in [0.2, 0.25) is 0 Å². The lowest BCUT2D eigenvalue weighted by Crippen LogP contribution is -2.31. The molecule has 0 aromatic heterocycles. The van der Waals surface area contributed by atoms with Gasteiger partial charge in [-0.3, -0.25) is 0 Å². The number of hydrogen-bond donors (Lipinski definition) is 1. The van der Waals surface area contributed by atoms with Crippen LogP contribution in [-0.2, 0) is 11.3 Å². The maximum absolute atomic E-state index is 12.9. The molecule has 1 atom stereocenters. The first-order valence-corrected chi connectivity index (χ1v) is 5.71. The van der Waals surface area contributed by atoms with E-state index in [1.165, 1.54) is 6.07 Å². The lowest BCUT2D eigenvalue weighted by atomic mass is 10.2. The molecular weight excluding hydrogens is 229 g/mol. The molecule has 1 rings (SSSR count). The van der Waals surface area contributed by atoms with Crippen LogP contribution in [0.4, 0.5) is 4.39 Å². The van der Waals surface area contributed by atoms with E-state index >= 15 is 0 Å². The molecule has 0 heterocycles. The second-order valence-electron chi connectivity index (χ2n) is 3.69. The molecule has 0 amide bonds. The zero-order valence-corrected chi connectivity index (χ0v) is 10.4. The molecule has 0 aliphatic carbocycles. The van der Waals surface area contributed by atoms with Gasteiger partial charge in [-0.2, -0.15) is 0 Å². The number of benzene rings is 1. The highest BCUT2D eigenvalue weighted by Crippen LogP contribution is 2.15. The maximum Gasteiger partial charge on any atom is 0.141 e. The summed E-state index contributed by atoms with van der Waals surface area (Å²) in [5.74, 6) is -0.380. The van der Waals surface area contributed by atoms with Gasteiger partial charge < -0.3 is 10.1 Å². The van der Waals surface area contributed by atoms with Crippen LogP contribution in [0, 0.1) is 5.82 Å². The van der Waals surface area contributed by atoms with E-state index < -0.39 is 0 Å². The highest BCUT2D eigenvalue weighted by molar-refractivity contribution is 6.30. The Morgan fingerprint density at radius 1 is 1.50 bits per heavy atom. The van der Waals surface area contributed by atoms with Crippen LogP contribution in [0.2, 0.25) is 5.02 Å². The SMILES string of the molecule is CCC(COC)NCc1ccc(F)c(Cl)c1. The number of hydrogen-bond acceptors (Lipinski definition) is 2. The van der Waals surface area contributed by atoms with Crippen molar-refractivity contribution in [3.05, 3.63) is 34.6 Å². The standard InChI is InChI=1S/C12H17ClFNO/c1-3-10(8-16-2)15-7-9-4-5-12(14)11(13)6-9/h4-6,10,15H,3,7-8H2,1-2H3. The van der Waals surface area contributed by atoms with Crippen molar-refractivity contribution in [2.45, 2.75) is 25.9 Å². The Morgan fingerprint density at radius 3 is 2.81 bits per heavy atom. The van der Waals surface area contributed by atoms with Gasteiger partial charge in [-0.15, -0.1) is 0 Å². The molecular formula is C12H17ClFNO. The van der Waals surface area contributed by atoms with Gasteiger partial charge in [-0.05, 0) is 24.1 Å². The largest absolute Gasteiger partial charge is 0.383 e. The fraction of sp³-hybridized carbons (Fsp3) is 0.500. The third-order valence-corrected chi connectivity index (χ3v) is 2.73. The van der Waals surface area contributed by atoms with E-state index in [1.807, 2.05) is 0 Å². The zero-order valence-electron chi connectivity index (χ0n) is 9.59. The molecule has 2 nitrogen and oxygen atoms in total. The molecule has 0 saturated carbocycles. The first-order valence-electron chi connectivity index (χ1n) is 5.33. The molecule has 1 aromatic rings. The average Bonchev–Trinajstić information content (AvgIpc) is 2.28. The highest BCUT2D eigenvalue weighted by atomic mass is 35.5. The van der Waals surface area contributed by atoms with Crippen molar-refractivity contribution in [3.63, 3.8) is 0 Å². The van der Waals surface area contributed by atoms with E-state index in [0.717, 1.165) is 12.0 Å². The maximum atomic E-state index is 12.9. The molecule has 4 heteroatoms. The van der Waals surface area contributed by atoms with Crippen molar-refractivity contribution in [1.82, 2.24) is 5.32 Å². The van der Waals surface area contributed by atoms with Crippen LogP contribution in [0.3, 0.4) is 0 Å². The lowest BCUT2D eigenvalue weighted by Gasteiger charge is -2.15. The molecule has 0 aliphatic rings. The monoisotopic (exact) mass is 245 g/mol. The summed E-state index contributed by atoms with van der Waals surface area (Å²) in [6.07, 6.45) is 0.989. The molecule has 0 fully saturated rings. The van der Waals surface area contributed by atoms with Crippen molar-refractivity contribution in [3.8, 4) is 0 Å². The van der Waals surface area contributed by atoms with Gasteiger partial charge in [-0.1, -0.05) is 24.6 Å². The summed E-state index contributed by atoms with van der Waals surface area (Å²) in [4.78, 5) is 0. The van der Waals surface area contributed by atoms with Gasteiger partial charge in [0.05, 0.1) is 11.6 Å². The van der Waals surface area contributed by atoms with Gasteiger partial charge in [0.1, 0.15) is 5.82 Å². The smallest absolute Gasteiger partial charge is 0.141 e. The number of methoxy groups -OCH3 is 1. The fourth-order valence-electron chi connectivity index (χ4n) is 1.43. The summed E-state index contributed by atoms with van der Waals surface area (Å²) in [5.41, 5.74) is 0.973. The van der Waals surface area contributed by atoms with Gasteiger partial charge in [-0.25, -0.2) is 4.39 Å². The number of nitrogens with one attached hydrogen (secondary N) is 1. The molecule has 0 aliphatic heterocycles. The molecule has 1 unspecified atom stereocenters. The van der Waals surface area contributed by atoms with Crippen molar-refractivity contribution < 1.29 is 9.13 Å². The van der Waals surface area contributed by atoms with Crippen LogP contribution < -0.4 is 5.32 Å². The van der Waals surface area contributed by atoms with Gasteiger partial charge in [0, 0.05) is 19.7 Å². The summed E-state index contributed by atoms with van der Waals surface area (Å²) >= 11 is 5.70. The van der Waals surface area contributed by atoms with E-state index in [2.05, 4.69) is 12.2 Å². The highest BCUT2D eigenvalue weighted by Gasteiger charge is 2.06. The summed E-state index contributed by atoms with van der Waals surface area (Å²) in [7, 11) is 1.68. The average molecular weight is 246 g/mol. The Hall–Kier alpha value is -0.640. The van der Waals surface area contributed by atoms with Crippen LogP contribution in [0.15, 0.2) is 18.2 Å². The van der Waals surface area contributed by atoms with Crippen molar-refractivity contribution in [2.75, 3.05) is 13.7 Å². The topological polar surface area (TPSA) is 21.3 Å². The van der Waals surface area contributed by atoms with E-state index in [-0.39, 0.29) is 10.8 Å². The van der Waals surface area contributed by atoms with Gasteiger partial charge in [0.25, 0.3) is 0 Å². The molecule has 16 heavy (non-hydrogen) atoms. The molecule has 0 spiro atoms. The second-order valence-corrected chi connectivity index (χ2v) is 4.10. The molecule has 1 aromatic carbocycles. The van der Waals surface area contributed by atoms with E-state index in [9.17, 15) is 4.39 Å². The minimum absolute atomic E-state index is 0.166. The molecule has 0 saturated heterocycles. The zero-order chi connectivity index (χ0) is 12.0. The Morgan fingerprint density at radius 2 is 2.25 bits per heavy atom. The fourth-order valence-corrected chi connectivity index (χ4v) is 1.64. The Kier molecular flexibility index (Phi) is 5.74. The number of rotatable bonds is 6. The van der Waals surface area contributed by atoms with E-state index in [1.54, 1.807) is 19.2 Å². The Labute approximate surface area is 101 Å². The van der Waals surface area contributed by atoms with E-state index in [4.69, 9.17) is 16.3 Å². The van der Waals surface area contributed by atoms with E-state index in [0.29, 0.717) is 19.2 Å². The first kappa shape index (κ1) is 13.4. The predicted molar refractivity (Wildman–Crippen MR) is 64.2 cm³/mol. The molecule has 0 bridgehead atoms. The quantitative estimate of drug-likeness (QED) is 0.832. The summed E-state index contributed by atoms with van der Waals surface area (Å²) in [6, 6.07) is 5.07. The minimum atomic E-state index is -0.380. The van der Waals surface area contributed by atoms with Crippen LogP contribution in [0.5, 0.6) is 0 Å². The van der Waals surface area contributed by atoms with Crippen molar-refractivity contribution in [1.29, 1.82) is 0 Å². The summed E-state index contributed by atoms with van der Waals surface area (Å²) in [6.45, 7) is 3.43. The minimum Gasteiger partial charge on any atom is -0.383 e. The Balaban J connectivity index is 2.50. The third-order valence-electron chi connectivity index (χ3n) is 2.44. The van der Waals surface area contributed by atoms with Gasteiger partial charge >= 0.3 is 0 Å². The van der Waals surface area contributed by atoms with Crippen LogP contribution in [0.25, 0.3) is 0 Å². The van der Waals surface area contributed by atoms with Crippen molar-refractivity contribution in [2.24, 2.45) is 0 Å². The van der Waals surface area contributed by atoms with Crippen LogP contribution >= 0.6 is 11.6 Å². The normalized spacial score (nSPS) is 12.8. The van der Waals surface area contributed by atoms with Gasteiger partial charge in [0.15, 0.2) is 0 Å². The van der Waals surface area contributed by atoms with Crippen LogP contribution in [-0.4, -0.2) is 19.8 Å². The number of halogens is 2. The third kappa shape index (κ3) is 4.08. The summed E-state index contributed by atoms with van der Waals surface area (Å²) in [5, 5.41) is 3.49. The predicted octanol–water partition coefficient (Wildman–Crippen LogP) is 2.99. The first-order chi connectivity index (χ1) is 7.67. The number of ether oxygens (including phenoxy) is 1. The Bertz CT molecular complexity index is 333. The lowest BCUT2D eigenvalue weighted by molar-refractivity contribution is 0.164. The molecule has 0 radical (unpaired) electrons. The molecule has 90 valence electrons. The molecule has 1 N–H and O–H groups in total.